The first-order valence-electron chi connectivity index (χ1n) is 9.23. The molecule has 0 fully saturated rings. The number of hydrogen-bond acceptors (Lipinski definition) is 5. The Morgan fingerprint density at radius 2 is 1.75 bits per heavy atom. The fourth-order valence-electron chi connectivity index (χ4n) is 3.12. The van der Waals surface area contributed by atoms with Crippen LogP contribution in [0, 0.1) is 0 Å². The van der Waals surface area contributed by atoms with E-state index in [2.05, 4.69) is 15.3 Å². The molecule has 0 radical (unpaired) electrons. The topological polar surface area (TPSA) is 98.0 Å². The van der Waals surface area contributed by atoms with E-state index in [1.165, 1.54) is 24.5 Å². The number of alkyl halides is 3. The lowest BCUT2D eigenvalue weighted by atomic mass is 10.0. The second kappa shape index (κ2) is 8.39. The summed E-state index contributed by atoms with van der Waals surface area (Å²) in [5.41, 5.74) is 5.06. The van der Waals surface area contributed by atoms with Gasteiger partial charge in [0, 0.05) is 22.2 Å². The second-order valence-electron chi connectivity index (χ2n) is 6.77. The van der Waals surface area contributed by atoms with Crippen LogP contribution in [-0.2, 0) is 17.0 Å². The van der Waals surface area contributed by atoms with Crippen molar-refractivity contribution in [3.63, 3.8) is 0 Å². The molecule has 1 aromatic heterocycles. The molecule has 1 amide bonds. The fourth-order valence-corrected chi connectivity index (χ4v) is 4.16. The van der Waals surface area contributed by atoms with Crippen molar-refractivity contribution in [2.24, 2.45) is 0 Å². The monoisotopic (exact) mass is 456 g/mol. The van der Waals surface area contributed by atoms with E-state index in [0.717, 1.165) is 12.1 Å². The zero-order valence-corrected chi connectivity index (χ0v) is 17.1. The van der Waals surface area contributed by atoms with Gasteiger partial charge in [-0.15, -0.1) is 0 Å². The summed E-state index contributed by atoms with van der Waals surface area (Å²) < 4.78 is 51.6. The Kier molecular flexibility index (Phi) is 5.62. The molecule has 32 heavy (non-hydrogen) atoms. The molecule has 0 bridgehead atoms. The maximum atomic E-state index is 12.9. The van der Waals surface area contributed by atoms with Gasteiger partial charge in [0.25, 0.3) is 5.91 Å². The Labute approximate surface area is 182 Å². The van der Waals surface area contributed by atoms with Crippen molar-refractivity contribution in [1.29, 1.82) is 0 Å². The van der Waals surface area contributed by atoms with Crippen molar-refractivity contribution in [1.82, 2.24) is 9.97 Å². The molecule has 162 valence electrons. The quantitative estimate of drug-likeness (QED) is 0.436. The molecule has 6 nitrogen and oxygen atoms in total. The van der Waals surface area contributed by atoms with Gasteiger partial charge < -0.3 is 11.1 Å². The van der Waals surface area contributed by atoms with Crippen LogP contribution in [0.2, 0.25) is 0 Å². The van der Waals surface area contributed by atoms with Gasteiger partial charge in [-0.05, 0) is 47.2 Å². The van der Waals surface area contributed by atoms with Crippen LogP contribution in [0.3, 0.4) is 0 Å². The molecule has 3 N–H and O–H groups in total. The van der Waals surface area contributed by atoms with Crippen LogP contribution in [0.1, 0.15) is 15.9 Å². The van der Waals surface area contributed by atoms with Crippen LogP contribution in [0.5, 0.6) is 0 Å². The normalized spacial score (nSPS) is 12.5. The van der Waals surface area contributed by atoms with Gasteiger partial charge >= 0.3 is 6.18 Å². The van der Waals surface area contributed by atoms with Gasteiger partial charge in [-0.25, -0.2) is 14.2 Å². The first-order valence-corrected chi connectivity index (χ1v) is 10.4. The predicted octanol–water partition coefficient (Wildman–Crippen LogP) is 4.65. The van der Waals surface area contributed by atoms with Gasteiger partial charge in [0.1, 0.15) is 28.0 Å². The van der Waals surface area contributed by atoms with E-state index < -0.39 is 28.4 Å². The summed E-state index contributed by atoms with van der Waals surface area (Å²) >= 11 is 0. The van der Waals surface area contributed by atoms with E-state index >= 15 is 0 Å². The van der Waals surface area contributed by atoms with Gasteiger partial charge in [-0.2, -0.15) is 13.2 Å². The Hall–Kier alpha value is -3.79. The standard InChI is InChI=1S/C22H15F3N4O2S/c23-22(24,25)14-4-2-5-15(10-14)29-21(30)18-6-1-3-13-9-16(7-8-17(13)18)32(31)20-11-19(26)27-12-28-20/h1-12H,(H,29,30)(H2,26,27,28). The first-order chi connectivity index (χ1) is 15.2. The lowest BCUT2D eigenvalue weighted by Gasteiger charge is -2.11. The number of nitrogens with two attached hydrogens (primary N) is 1. The van der Waals surface area contributed by atoms with E-state index in [9.17, 15) is 22.2 Å². The van der Waals surface area contributed by atoms with Gasteiger partial charge in [0.05, 0.1) is 5.56 Å². The van der Waals surface area contributed by atoms with Crippen molar-refractivity contribution in [2.45, 2.75) is 16.1 Å². The maximum absolute atomic E-state index is 12.9. The van der Waals surface area contributed by atoms with E-state index in [-0.39, 0.29) is 22.1 Å². The Morgan fingerprint density at radius 3 is 2.50 bits per heavy atom. The lowest BCUT2D eigenvalue weighted by molar-refractivity contribution is -0.137. The molecule has 0 aliphatic heterocycles. The third-order valence-electron chi connectivity index (χ3n) is 4.61. The van der Waals surface area contributed by atoms with Crippen LogP contribution in [-0.4, -0.2) is 20.1 Å². The number of anilines is 2. The van der Waals surface area contributed by atoms with Crippen molar-refractivity contribution in [2.75, 3.05) is 11.1 Å². The molecule has 0 aliphatic carbocycles. The van der Waals surface area contributed by atoms with Crippen molar-refractivity contribution >= 4 is 39.0 Å². The summed E-state index contributed by atoms with van der Waals surface area (Å²) in [4.78, 5) is 21.0. The SMILES string of the molecule is Nc1cc(S(=O)c2ccc3c(C(=O)Nc4cccc(C(F)(F)F)c4)cccc3c2)ncn1. The van der Waals surface area contributed by atoms with Crippen molar-refractivity contribution in [3.05, 3.63) is 84.2 Å². The number of nitrogens with zero attached hydrogens (tertiary/aromatic N) is 2. The minimum Gasteiger partial charge on any atom is -0.384 e. The number of aromatic nitrogens is 2. The number of benzene rings is 3. The molecule has 1 unspecified atom stereocenters. The Morgan fingerprint density at radius 1 is 0.969 bits per heavy atom. The van der Waals surface area contributed by atoms with Gasteiger partial charge in [0.2, 0.25) is 0 Å². The average molecular weight is 456 g/mol. The van der Waals surface area contributed by atoms with Crippen molar-refractivity contribution in [3.8, 4) is 0 Å². The molecule has 0 aliphatic rings. The van der Waals surface area contributed by atoms with E-state index in [4.69, 9.17) is 5.73 Å². The van der Waals surface area contributed by atoms with E-state index in [0.29, 0.717) is 15.7 Å². The number of nitrogens with one attached hydrogen (secondary N) is 1. The van der Waals surface area contributed by atoms with Crippen LogP contribution in [0.25, 0.3) is 10.8 Å². The molecule has 1 atom stereocenters. The zero-order chi connectivity index (χ0) is 22.9. The first kappa shape index (κ1) is 21.4. The number of carbonyl (C=O) groups excluding carboxylic acids is 1. The molecule has 4 rings (SSSR count). The molecule has 0 saturated heterocycles. The molecular weight excluding hydrogens is 441 g/mol. The fraction of sp³-hybridized carbons (Fsp3) is 0.0455. The third-order valence-corrected chi connectivity index (χ3v) is 5.90. The lowest BCUT2D eigenvalue weighted by Crippen LogP contribution is -2.13. The average Bonchev–Trinajstić information content (AvgIpc) is 2.77. The molecule has 3 aromatic carbocycles. The number of halogens is 3. The minimum absolute atomic E-state index is 0.0286. The van der Waals surface area contributed by atoms with Crippen LogP contribution < -0.4 is 11.1 Å². The Bertz CT molecular complexity index is 1360. The molecule has 0 saturated carbocycles. The van der Waals surface area contributed by atoms with Crippen LogP contribution in [0.4, 0.5) is 24.7 Å². The summed E-state index contributed by atoms with van der Waals surface area (Å²) in [6, 6.07) is 15.7. The molecule has 0 spiro atoms. The molecule has 10 heteroatoms. The number of rotatable bonds is 4. The smallest absolute Gasteiger partial charge is 0.384 e. The number of fused-ring (bicyclic) bond motifs is 1. The molecular formula is C22H15F3N4O2S. The third kappa shape index (κ3) is 4.45. The summed E-state index contributed by atoms with van der Waals surface area (Å²) in [6.07, 6.45) is -3.29. The number of amides is 1. The van der Waals surface area contributed by atoms with E-state index in [1.807, 2.05) is 0 Å². The predicted molar refractivity (Wildman–Crippen MR) is 114 cm³/mol. The highest BCUT2D eigenvalue weighted by atomic mass is 32.2. The highest BCUT2D eigenvalue weighted by Crippen LogP contribution is 2.31. The van der Waals surface area contributed by atoms with Crippen LogP contribution >= 0.6 is 0 Å². The Balaban J connectivity index is 1.64. The highest BCUT2D eigenvalue weighted by molar-refractivity contribution is 7.85. The second-order valence-corrected chi connectivity index (χ2v) is 8.20. The van der Waals surface area contributed by atoms with Crippen molar-refractivity contribution < 1.29 is 22.2 Å². The summed E-state index contributed by atoms with van der Waals surface area (Å²) in [5, 5.41) is 3.94. The summed E-state index contributed by atoms with van der Waals surface area (Å²) in [6.45, 7) is 0. The van der Waals surface area contributed by atoms with Gasteiger partial charge in [-0.1, -0.05) is 24.3 Å². The minimum atomic E-state index is -4.51. The zero-order valence-electron chi connectivity index (χ0n) is 16.3. The molecule has 4 aromatic rings. The summed E-state index contributed by atoms with van der Waals surface area (Å²) in [5.74, 6) is -0.370. The maximum Gasteiger partial charge on any atom is 0.416 e. The molecule has 1 heterocycles. The highest BCUT2D eigenvalue weighted by Gasteiger charge is 2.30. The van der Waals surface area contributed by atoms with E-state index in [1.54, 1.807) is 36.4 Å². The number of nitrogen functional groups attached to an aromatic ring is 1. The number of hydrogen-bond donors (Lipinski definition) is 2. The number of carbonyl (C=O) groups is 1. The summed E-state index contributed by atoms with van der Waals surface area (Å²) in [7, 11) is -1.61. The van der Waals surface area contributed by atoms with Gasteiger partial charge in [0.15, 0.2) is 0 Å². The van der Waals surface area contributed by atoms with Gasteiger partial charge in [-0.3, -0.25) is 4.79 Å². The van der Waals surface area contributed by atoms with Crippen LogP contribution in [0.15, 0.2) is 83.0 Å². The largest absolute Gasteiger partial charge is 0.416 e.